The Morgan fingerprint density at radius 2 is 2.55 bits per heavy atom. The van der Waals surface area contributed by atoms with Crippen molar-refractivity contribution in [3.63, 3.8) is 0 Å². The van der Waals surface area contributed by atoms with E-state index < -0.39 is 0 Å². The summed E-state index contributed by atoms with van der Waals surface area (Å²) in [4.78, 5) is 0. The lowest BCUT2D eigenvalue weighted by Crippen LogP contribution is -1.87. The molecule has 0 saturated carbocycles. The van der Waals surface area contributed by atoms with Crippen LogP contribution in [0.2, 0.25) is 0 Å². The van der Waals surface area contributed by atoms with Gasteiger partial charge in [0.05, 0.1) is 10.5 Å². The van der Waals surface area contributed by atoms with Crippen LogP contribution in [0.25, 0.3) is 0 Å². The quantitative estimate of drug-likeness (QED) is 0.758. The third-order valence-electron chi connectivity index (χ3n) is 1.47. The van der Waals surface area contributed by atoms with Crippen LogP contribution in [0.1, 0.15) is 25.0 Å². The highest BCUT2D eigenvalue weighted by atomic mass is 79.9. The highest BCUT2D eigenvalue weighted by Gasteiger charge is 2.08. The molecule has 1 aromatic rings. The van der Waals surface area contributed by atoms with Crippen molar-refractivity contribution in [2.24, 2.45) is 0 Å². The topological polar surface area (TPSA) is 36.9 Å². The summed E-state index contributed by atoms with van der Waals surface area (Å²) in [6.45, 7) is 1.97. The highest BCUT2D eigenvalue weighted by molar-refractivity contribution is 9.10. The van der Waals surface area contributed by atoms with E-state index in [4.69, 9.17) is 9.68 Å². The molecule has 11 heavy (non-hydrogen) atoms. The molecule has 0 spiro atoms. The third-order valence-corrected chi connectivity index (χ3v) is 1.89. The van der Waals surface area contributed by atoms with Gasteiger partial charge in [-0.3, -0.25) is 0 Å². The number of furan rings is 1. The average Bonchev–Trinajstić information content (AvgIpc) is 2.36. The van der Waals surface area contributed by atoms with Crippen molar-refractivity contribution in [2.75, 3.05) is 0 Å². The minimum absolute atomic E-state index is 0.186. The zero-order valence-electron chi connectivity index (χ0n) is 6.17. The summed E-state index contributed by atoms with van der Waals surface area (Å²) in [6, 6.07) is 3.99. The monoisotopic (exact) mass is 213 g/mol. The van der Waals surface area contributed by atoms with Crippen LogP contribution in [-0.2, 0) is 0 Å². The lowest BCUT2D eigenvalue weighted by molar-refractivity contribution is 0.476. The fourth-order valence-electron chi connectivity index (χ4n) is 0.824. The first-order valence-electron chi connectivity index (χ1n) is 3.35. The smallest absolute Gasteiger partial charge is 0.108 e. The van der Waals surface area contributed by atoms with Gasteiger partial charge in [0.2, 0.25) is 0 Å². The summed E-state index contributed by atoms with van der Waals surface area (Å²) < 4.78 is 6.11. The van der Waals surface area contributed by atoms with Crippen LogP contribution in [0.3, 0.4) is 0 Å². The van der Waals surface area contributed by atoms with E-state index in [1.807, 2.05) is 13.0 Å². The number of nitrogens with zero attached hydrogens (tertiary/aromatic N) is 1. The SMILES string of the molecule is CC(CC#N)c1cc(Br)co1. The first kappa shape index (κ1) is 8.35. The zero-order chi connectivity index (χ0) is 8.27. The number of halogens is 1. The summed E-state index contributed by atoms with van der Waals surface area (Å²) in [5, 5.41) is 8.40. The Kier molecular flexibility index (Phi) is 2.72. The van der Waals surface area contributed by atoms with Crippen molar-refractivity contribution in [3.05, 3.63) is 22.6 Å². The molecule has 1 aromatic heterocycles. The number of hydrogen-bond acceptors (Lipinski definition) is 2. The first-order valence-corrected chi connectivity index (χ1v) is 4.14. The van der Waals surface area contributed by atoms with Gasteiger partial charge in [-0.15, -0.1) is 0 Å². The van der Waals surface area contributed by atoms with Gasteiger partial charge in [-0.1, -0.05) is 6.92 Å². The normalized spacial score (nSPS) is 12.5. The maximum absolute atomic E-state index is 8.40. The molecule has 0 amide bonds. The van der Waals surface area contributed by atoms with Gasteiger partial charge in [-0.05, 0) is 22.0 Å². The largest absolute Gasteiger partial charge is 0.468 e. The molecule has 0 fully saturated rings. The Labute approximate surface area is 73.9 Å². The highest BCUT2D eigenvalue weighted by Crippen LogP contribution is 2.23. The maximum Gasteiger partial charge on any atom is 0.108 e. The van der Waals surface area contributed by atoms with Crippen LogP contribution >= 0.6 is 15.9 Å². The second-order valence-corrected chi connectivity index (χ2v) is 3.35. The lowest BCUT2D eigenvalue weighted by atomic mass is 10.1. The van der Waals surface area contributed by atoms with Crippen molar-refractivity contribution in [1.29, 1.82) is 5.26 Å². The van der Waals surface area contributed by atoms with Gasteiger partial charge in [0.15, 0.2) is 0 Å². The molecule has 3 heteroatoms. The zero-order valence-corrected chi connectivity index (χ0v) is 7.76. The van der Waals surface area contributed by atoms with Crippen LogP contribution in [-0.4, -0.2) is 0 Å². The van der Waals surface area contributed by atoms with E-state index >= 15 is 0 Å². The summed E-state index contributed by atoms with van der Waals surface area (Å²) in [7, 11) is 0. The molecular formula is C8H8BrNO. The molecule has 1 heterocycles. The van der Waals surface area contributed by atoms with E-state index in [-0.39, 0.29) is 5.92 Å². The second-order valence-electron chi connectivity index (χ2n) is 2.43. The molecule has 58 valence electrons. The summed E-state index contributed by atoms with van der Waals surface area (Å²) in [5.41, 5.74) is 0. The van der Waals surface area contributed by atoms with Crippen LogP contribution in [0.5, 0.6) is 0 Å². The van der Waals surface area contributed by atoms with E-state index in [2.05, 4.69) is 22.0 Å². The first-order chi connectivity index (χ1) is 5.24. The van der Waals surface area contributed by atoms with Gasteiger partial charge in [0.25, 0.3) is 0 Å². The average molecular weight is 214 g/mol. The van der Waals surface area contributed by atoms with Crippen molar-refractivity contribution in [3.8, 4) is 6.07 Å². The Morgan fingerprint density at radius 1 is 1.82 bits per heavy atom. The van der Waals surface area contributed by atoms with Crippen molar-refractivity contribution >= 4 is 15.9 Å². The minimum atomic E-state index is 0.186. The van der Waals surface area contributed by atoms with E-state index in [9.17, 15) is 0 Å². The van der Waals surface area contributed by atoms with Crippen molar-refractivity contribution < 1.29 is 4.42 Å². The molecule has 0 N–H and O–H groups in total. The molecular weight excluding hydrogens is 206 g/mol. The molecule has 1 rings (SSSR count). The minimum Gasteiger partial charge on any atom is -0.468 e. The van der Waals surface area contributed by atoms with E-state index in [1.54, 1.807) is 6.26 Å². The molecule has 0 aliphatic carbocycles. The van der Waals surface area contributed by atoms with Crippen molar-refractivity contribution in [2.45, 2.75) is 19.3 Å². The van der Waals surface area contributed by atoms with E-state index in [0.29, 0.717) is 6.42 Å². The third kappa shape index (κ3) is 2.09. The van der Waals surface area contributed by atoms with Gasteiger partial charge in [0.1, 0.15) is 12.0 Å². The van der Waals surface area contributed by atoms with Gasteiger partial charge in [-0.25, -0.2) is 0 Å². The molecule has 0 saturated heterocycles. The Balaban J connectivity index is 2.70. The molecule has 0 bridgehead atoms. The van der Waals surface area contributed by atoms with Crippen LogP contribution in [0.4, 0.5) is 0 Å². The predicted octanol–water partition coefficient (Wildman–Crippen LogP) is 3.06. The Morgan fingerprint density at radius 3 is 3.00 bits per heavy atom. The molecule has 1 atom stereocenters. The fraction of sp³-hybridized carbons (Fsp3) is 0.375. The number of nitriles is 1. The molecule has 1 unspecified atom stereocenters. The molecule has 2 nitrogen and oxygen atoms in total. The molecule has 0 aromatic carbocycles. The Bertz CT molecular complexity index is 274. The number of hydrogen-bond donors (Lipinski definition) is 0. The predicted molar refractivity (Wildman–Crippen MR) is 45.1 cm³/mol. The van der Waals surface area contributed by atoms with Gasteiger partial charge < -0.3 is 4.42 Å². The van der Waals surface area contributed by atoms with Crippen LogP contribution in [0, 0.1) is 11.3 Å². The Hall–Kier alpha value is -0.750. The molecule has 0 aliphatic rings. The lowest BCUT2D eigenvalue weighted by Gasteiger charge is -1.99. The maximum atomic E-state index is 8.40. The van der Waals surface area contributed by atoms with E-state index in [0.717, 1.165) is 10.2 Å². The second kappa shape index (κ2) is 3.59. The molecule has 0 radical (unpaired) electrons. The molecule has 0 aliphatic heterocycles. The van der Waals surface area contributed by atoms with Crippen LogP contribution < -0.4 is 0 Å². The number of rotatable bonds is 2. The summed E-state index contributed by atoms with van der Waals surface area (Å²) in [6.07, 6.45) is 2.13. The standard InChI is InChI=1S/C8H8BrNO/c1-6(2-3-10)8-4-7(9)5-11-8/h4-6H,2H2,1H3. The van der Waals surface area contributed by atoms with Crippen LogP contribution in [0.15, 0.2) is 21.2 Å². The fourth-order valence-corrected chi connectivity index (χ4v) is 1.14. The van der Waals surface area contributed by atoms with Crippen molar-refractivity contribution in [1.82, 2.24) is 0 Å². The van der Waals surface area contributed by atoms with Gasteiger partial charge in [0, 0.05) is 12.3 Å². The van der Waals surface area contributed by atoms with E-state index in [1.165, 1.54) is 0 Å². The van der Waals surface area contributed by atoms with Gasteiger partial charge >= 0.3 is 0 Å². The van der Waals surface area contributed by atoms with Gasteiger partial charge in [-0.2, -0.15) is 5.26 Å². The summed E-state index contributed by atoms with van der Waals surface area (Å²) in [5.74, 6) is 1.05. The summed E-state index contributed by atoms with van der Waals surface area (Å²) >= 11 is 3.27.